The van der Waals surface area contributed by atoms with E-state index in [-0.39, 0.29) is 5.91 Å². The van der Waals surface area contributed by atoms with Gasteiger partial charge in [-0.15, -0.1) is 0 Å². The van der Waals surface area contributed by atoms with Crippen LogP contribution in [0.3, 0.4) is 0 Å². The molecule has 104 valence electrons. The maximum absolute atomic E-state index is 12.6. The second-order valence-electron chi connectivity index (χ2n) is 5.28. The predicted molar refractivity (Wildman–Crippen MR) is 79.6 cm³/mol. The van der Waals surface area contributed by atoms with Gasteiger partial charge in [0.25, 0.3) is 5.91 Å². The SMILES string of the molecule is CCNc1ccccc1C(=O)N(C)C1CCCCC1. The Morgan fingerprint density at radius 2 is 1.95 bits per heavy atom. The summed E-state index contributed by atoms with van der Waals surface area (Å²) in [5.41, 5.74) is 1.73. The normalized spacial score (nSPS) is 16.1. The third-order valence-electron chi connectivity index (χ3n) is 3.97. The number of nitrogens with one attached hydrogen (secondary N) is 1. The lowest BCUT2D eigenvalue weighted by Gasteiger charge is -2.31. The van der Waals surface area contributed by atoms with Crippen molar-refractivity contribution in [3.05, 3.63) is 29.8 Å². The predicted octanol–water partition coefficient (Wildman–Crippen LogP) is 3.52. The van der Waals surface area contributed by atoms with Crippen molar-refractivity contribution in [1.29, 1.82) is 0 Å². The molecule has 0 atom stereocenters. The third-order valence-corrected chi connectivity index (χ3v) is 3.97. The van der Waals surface area contributed by atoms with Gasteiger partial charge in [-0.05, 0) is 31.9 Å². The Labute approximate surface area is 116 Å². The van der Waals surface area contributed by atoms with E-state index in [0.717, 1.165) is 30.6 Å². The number of carbonyl (C=O) groups is 1. The lowest BCUT2D eigenvalue weighted by molar-refractivity contribution is 0.0697. The van der Waals surface area contributed by atoms with Crippen LogP contribution in [0.1, 0.15) is 49.4 Å². The van der Waals surface area contributed by atoms with E-state index in [2.05, 4.69) is 5.32 Å². The van der Waals surface area contributed by atoms with E-state index in [1.807, 2.05) is 43.1 Å². The summed E-state index contributed by atoms with van der Waals surface area (Å²) >= 11 is 0. The molecular formula is C16H24N2O. The number of carbonyl (C=O) groups excluding carboxylic acids is 1. The fourth-order valence-electron chi connectivity index (χ4n) is 2.84. The van der Waals surface area contributed by atoms with E-state index in [1.54, 1.807) is 0 Å². The molecule has 2 rings (SSSR count). The lowest BCUT2D eigenvalue weighted by Crippen LogP contribution is -2.38. The van der Waals surface area contributed by atoms with Crippen molar-refractivity contribution in [2.24, 2.45) is 0 Å². The van der Waals surface area contributed by atoms with Gasteiger partial charge in [-0.2, -0.15) is 0 Å². The van der Waals surface area contributed by atoms with Crippen LogP contribution in [-0.2, 0) is 0 Å². The van der Waals surface area contributed by atoms with Crippen LogP contribution in [0.25, 0.3) is 0 Å². The molecule has 0 aromatic heterocycles. The van der Waals surface area contributed by atoms with Crippen LogP contribution in [-0.4, -0.2) is 30.4 Å². The second-order valence-corrected chi connectivity index (χ2v) is 5.28. The van der Waals surface area contributed by atoms with Gasteiger partial charge in [0.1, 0.15) is 0 Å². The molecule has 1 amide bonds. The molecule has 0 heterocycles. The smallest absolute Gasteiger partial charge is 0.255 e. The maximum Gasteiger partial charge on any atom is 0.255 e. The van der Waals surface area contributed by atoms with Gasteiger partial charge in [0.2, 0.25) is 0 Å². The van der Waals surface area contributed by atoms with E-state index < -0.39 is 0 Å². The minimum absolute atomic E-state index is 0.142. The van der Waals surface area contributed by atoms with Gasteiger partial charge >= 0.3 is 0 Å². The first kappa shape index (κ1) is 13.9. The number of amides is 1. The number of rotatable bonds is 4. The van der Waals surface area contributed by atoms with Crippen molar-refractivity contribution in [3.63, 3.8) is 0 Å². The summed E-state index contributed by atoms with van der Waals surface area (Å²) in [5, 5.41) is 3.27. The van der Waals surface area contributed by atoms with Gasteiger partial charge in [-0.1, -0.05) is 31.4 Å². The van der Waals surface area contributed by atoms with Crippen LogP contribution in [0.5, 0.6) is 0 Å². The Bertz CT molecular complexity index is 425. The number of para-hydroxylation sites is 1. The summed E-state index contributed by atoms with van der Waals surface area (Å²) < 4.78 is 0. The highest BCUT2D eigenvalue weighted by atomic mass is 16.2. The Hall–Kier alpha value is -1.51. The molecule has 0 aliphatic heterocycles. The van der Waals surface area contributed by atoms with Gasteiger partial charge < -0.3 is 10.2 Å². The fourth-order valence-corrected chi connectivity index (χ4v) is 2.84. The molecule has 3 nitrogen and oxygen atoms in total. The number of hydrogen-bond acceptors (Lipinski definition) is 2. The van der Waals surface area contributed by atoms with Crippen molar-refractivity contribution in [2.75, 3.05) is 18.9 Å². The Kier molecular flexibility index (Phi) is 4.83. The summed E-state index contributed by atoms with van der Waals surface area (Å²) in [5.74, 6) is 0.142. The van der Waals surface area contributed by atoms with Crippen LogP contribution in [0.2, 0.25) is 0 Å². The van der Waals surface area contributed by atoms with Crippen molar-refractivity contribution in [2.45, 2.75) is 45.1 Å². The van der Waals surface area contributed by atoms with Crippen molar-refractivity contribution in [3.8, 4) is 0 Å². The summed E-state index contributed by atoms with van der Waals surface area (Å²) in [6.07, 6.45) is 6.10. The molecule has 1 aliphatic carbocycles. The molecule has 0 spiro atoms. The molecule has 1 aliphatic rings. The van der Waals surface area contributed by atoms with Crippen LogP contribution >= 0.6 is 0 Å². The maximum atomic E-state index is 12.6. The highest BCUT2D eigenvalue weighted by molar-refractivity contribution is 5.99. The zero-order chi connectivity index (χ0) is 13.7. The van der Waals surface area contributed by atoms with Crippen molar-refractivity contribution < 1.29 is 4.79 Å². The topological polar surface area (TPSA) is 32.3 Å². The highest BCUT2D eigenvalue weighted by Crippen LogP contribution is 2.24. The largest absolute Gasteiger partial charge is 0.385 e. The van der Waals surface area contributed by atoms with Gasteiger partial charge in [-0.3, -0.25) is 4.79 Å². The molecule has 3 heteroatoms. The van der Waals surface area contributed by atoms with Gasteiger partial charge in [0.15, 0.2) is 0 Å². The minimum atomic E-state index is 0.142. The van der Waals surface area contributed by atoms with E-state index in [0.29, 0.717) is 6.04 Å². The molecule has 0 unspecified atom stereocenters. The van der Waals surface area contributed by atoms with Gasteiger partial charge in [-0.25, -0.2) is 0 Å². The molecule has 0 radical (unpaired) electrons. The zero-order valence-electron chi connectivity index (χ0n) is 12.0. The van der Waals surface area contributed by atoms with Crippen LogP contribution < -0.4 is 5.32 Å². The molecule has 1 aromatic rings. The number of hydrogen-bond donors (Lipinski definition) is 1. The molecule has 1 fully saturated rings. The Morgan fingerprint density at radius 1 is 1.26 bits per heavy atom. The van der Waals surface area contributed by atoms with Crippen LogP contribution in [0.15, 0.2) is 24.3 Å². The van der Waals surface area contributed by atoms with Crippen LogP contribution in [0.4, 0.5) is 5.69 Å². The standard InChI is InChI=1S/C16H24N2O/c1-3-17-15-12-8-7-11-14(15)16(19)18(2)13-9-5-4-6-10-13/h7-8,11-13,17H,3-6,9-10H2,1-2H3. The first-order valence-electron chi connectivity index (χ1n) is 7.34. The molecular weight excluding hydrogens is 236 g/mol. The van der Waals surface area contributed by atoms with Crippen LogP contribution in [0, 0.1) is 0 Å². The van der Waals surface area contributed by atoms with E-state index in [9.17, 15) is 4.79 Å². The number of anilines is 1. The molecule has 0 bridgehead atoms. The minimum Gasteiger partial charge on any atom is -0.385 e. The van der Waals surface area contributed by atoms with E-state index in [4.69, 9.17) is 0 Å². The third kappa shape index (κ3) is 3.28. The fraction of sp³-hybridized carbons (Fsp3) is 0.562. The Balaban J connectivity index is 2.13. The molecule has 0 saturated heterocycles. The Morgan fingerprint density at radius 3 is 2.63 bits per heavy atom. The number of nitrogens with zero attached hydrogens (tertiary/aromatic N) is 1. The van der Waals surface area contributed by atoms with Gasteiger partial charge in [0, 0.05) is 25.3 Å². The molecule has 1 aromatic carbocycles. The molecule has 1 N–H and O–H groups in total. The van der Waals surface area contributed by atoms with Gasteiger partial charge in [0.05, 0.1) is 5.56 Å². The molecule has 1 saturated carbocycles. The highest BCUT2D eigenvalue weighted by Gasteiger charge is 2.24. The summed E-state index contributed by atoms with van der Waals surface area (Å²) in [7, 11) is 1.95. The van der Waals surface area contributed by atoms with Crippen molar-refractivity contribution >= 4 is 11.6 Å². The summed E-state index contributed by atoms with van der Waals surface area (Å²) in [6, 6.07) is 8.21. The summed E-state index contributed by atoms with van der Waals surface area (Å²) in [6.45, 7) is 2.88. The zero-order valence-corrected chi connectivity index (χ0v) is 12.0. The van der Waals surface area contributed by atoms with E-state index in [1.165, 1.54) is 19.3 Å². The average Bonchev–Trinajstić information content (AvgIpc) is 2.47. The quantitative estimate of drug-likeness (QED) is 0.898. The summed E-state index contributed by atoms with van der Waals surface area (Å²) in [4.78, 5) is 14.6. The first-order valence-corrected chi connectivity index (χ1v) is 7.34. The first-order chi connectivity index (χ1) is 9.24. The van der Waals surface area contributed by atoms with Crippen molar-refractivity contribution in [1.82, 2.24) is 4.90 Å². The van der Waals surface area contributed by atoms with E-state index >= 15 is 0 Å². The number of benzene rings is 1. The second kappa shape index (κ2) is 6.60. The molecule has 19 heavy (non-hydrogen) atoms. The lowest BCUT2D eigenvalue weighted by atomic mass is 9.94. The monoisotopic (exact) mass is 260 g/mol. The average molecular weight is 260 g/mol.